The van der Waals surface area contributed by atoms with Crippen LogP contribution in [0.3, 0.4) is 0 Å². The van der Waals surface area contributed by atoms with Crippen LogP contribution in [0, 0.1) is 11.6 Å². The maximum atomic E-state index is 13.0. The summed E-state index contributed by atoms with van der Waals surface area (Å²) >= 11 is 0. The van der Waals surface area contributed by atoms with Crippen LogP contribution in [0.1, 0.15) is 10.4 Å². The summed E-state index contributed by atoms with van der Waals surface area (Å²) in [6, 6.07) is 7.91. The van der Waals surface area contributed by atoms with Crippen LogP contribution >= 0.6 is 8.03 Å². The number of halogens is 2. The summed E-state index contributed by atoms with van der Waals surface area (Å²) in [4.78, 5) is 22.7. The number of aliphatic hydroxyl groups excluding tert-OH is 1. The van der Waals surface area contributed by atoms with Crippen molar-refractivity contribution in [2.75, 3.05) is 25.5 Å². The van der Waals surface area contributed by atoms with Crippen LogP contribution in [0.5, 0.6) is 0 Å². The molecule has 1 amide bonds. The zero-order valence-electron chi connectivity index (χ0n) is 13.3. The van der Waals surface area contributed by atoms with Gasteiger partial charge in [0.05, 0.1) is 6.61 Å². The third kappa shape index (κ3) is 7.45. The molecule has 2 aromatic carbocycles. The van der Waals surface area contributed by atoms with Gasteiger partial charge in [-0.1, -0.05) is 10.6 Å². The highest BCUT2D eigenvalue weighted by molar-refractivity contribution is 7.45. The third-order valence-corrected chi connectivity index (χ3v) is 3.50. The van der Waals surface area contributed by atoms with Gasteiger partial charge in [0.25, 0.3) is 5.91 Å². The molecule has 0 saturated carbocycles. The molecular weight excluding hydrogens is 353 g/mol. The first-order valence-electron chi connectivity index (χ1n) is 7.14. The van der Waals surface area contributed by atoms with Gasteiger partial charge < -0.3 is 20.6 Å². The van der Waals surface area contributed by atoms with Crippen LogP contribution in [0.2, 0.25) is 0 Å². The standard InChI is InChI=1S/C13H8F2NO3P.C3H9NO/c14-9-5-10(15)7-11(6-9)16-13(17)8-2-1-3-12(4-8)20(18)19;1-4-2-3-5/h1-7H,(H,16,17);4-5H,2-3H2,1H3. The van der Waals surface area contributed by atoms with Gasteiger partial charge in [-0.3, -0.25) is 4.79 Å². The van der Waals surface area contributed by atoms with Gasteiger partial charge in [0, 0.05) is 29.9 Å². The topological polar surface area (TPSA) is 101 Å². The quantitative estimate of drug-likeness (QED) is 0.686. The highest BCUT2D eigenvalue weighted by Gasteiger charge is 2.13. The fraction of sp³-hybridized carbons (Fsp3) is 0.188. The molecule has 0 fully saturated rings. The summed E-state index contributed by atoms with van der Waals surface area (Å²) in [7, 11) is -1.00. The number of amides is 1. The van der Waals surface area contributed by atoms with Crippen molar-refractivity contribution in [1.29, 1.82) is 0 Å². The molecular formula is C16H17F2N2O4P. The number of rotatable bonds is 5. The Morgan fingerprint density at radius 3 is 2.32 bits per heavy atom. The lowest BCUT2D eigenvalue weighted by atomic mass is 10.2. The Balaban J connectivity index is 0.000000550. The third-order valence-electron chi connectivity index (χ3n) is 2.80. The van der Waals surface area contributed by atoms with Crippen LogP contribution in [0.25, 0.3) is 0 Å². The molecule has 9 heteroatoms. The van der Waals surface area contributed by atoms with Crippen molar-refractivity contribution in [3.63, 3.8) is 0 Å². The van der Waals surface area contributed by atoms with E-state index in [1.807, 2.05) is 0 Å². The normalized spacial score (nSPS) is 10.5. The molecule has 0 aliphatic rings. The van der Waals surface area contributed by atoms with E-state index in [4.69, 9.17) is 5.11 Å². The van der Waals surface area contributed by atoms with Crippen molar-refractivity contribution in [3.8, 4) is 0 Å². The Kier molecular flexibility index (Phi) is 8.80. The summed E-state index contributed by atoms with van der Waals surface area (Å²) < 4.78 is 36.8. The number of benzene rings is 2. The minimum atomic E-state index is -2.81. The molecule has 3 N–H and O–H groups in total. The summed E-state index contributed by atoms with van der Waals surface area (Å²) in [5, 5.41) is 13.0. The lowest BCUT2D eigenvalue weighted by Crippen LogP contribution is -2.15. The van der Waals surface area contributed by atoms with Gasteiger partial charge >= 0.3 is 8.03 Å². The highest BCUT2D eigenvalue weighted by Crippen LogP contribution is 2.15. The van der Waals surface area contributed by atoms with Crippen LogP contribution < -0.4 is 20.8 Å². The highest BCUT2D eigenvalue weighted by atomic mass is 31.1. The zero-order valence-corrected chi connectivity index (χ0v) is 14.2. The van der Waals surface area contributed by atoms with Crippen molar-refractivity contribution in [2.24, 2.45) is 0 Å². The van der Waals surface area contributed by atoms with E-state index < -0.39 is 25.6 Å². The smallest absolute Gasteiger partial charge is 0.348 e. The number of carbonyl (C=O) groups excluding carboxylic acids is 1. The van der Waals surface area contributed by atoms with Gasteiger partial charge in [-0.2, -0.15) is 0 Å². The molecule has 0 heterocycles. The molecule has 0 aromatic heterocycles. The van der Waals surface area contributed by atoms with Gasteiger partial charge in [-0.15, -0.1) is 0 Å². The number of likely N-dealkylation sites (N-methyl/N-ethyl adjacent to an activating group) is 1. The van der Waals surface area contributed by atoms with Gasteiger partial charge in [0.15, 0.2) is 5.30 Å². The summed E-state index contributed by atoms with van der Waals surface area (Å²) in [5.74, 6) is -2.30. The number of nitrogens with one attached hydrogen (secondary N) is 2. The molecule has 134 valence electrons. The number of carbonyl (C=O) groups is 1. The van der Waals surface area contributed by atoms with E-state index in [0.29, 0.717) is 12.6 Å². The van der Waals surface area contributed by atoms with Gasteiger partial charge in [-0.25, -0.2) is 8.78 Å². The zero-order chi connectivity index (χ0) is 18.8. The Hall–Kier alpha value is -2.25. The number of hydrogen-bond donors (Lipinski definition) is 3. The number of anilines is 1. The molecule has 1 atom stereocenters. The molecule has 1 unspecified atom stereocenters. The summed E-state index contributed by atoms with van der Waals surface area (Å²) in [5.41, 5.74) is 0.0239. The van der Waals surface area contributed by atoms with Crippen LogP contribution in [0.15, 0.2) is 42.5 Å². The molecule has 6 nitrogen and oxygen atoms in total. The first-order chi connectivity index (χ1) is 11.9. The molecule has 0 aliphatic carbocycles. The van der Waals surface area contributed by atoms with Crippen LogP contribution in [-0.2, 0) is 4.57 Å². The predicted molar refractivity (Wildman–Crippen MR) is 89.0 cm³/mol. The Morgan fingerprint density at radius 2 is 1.84 bits per heavy atom. The van der Waals surface area contributed by atoms with Crippen molar-refractivity contribution in [2.45, 2.75) is 0 Å². The van der Waals surface area contributed by atoms with Gasteiger partial charge in [0.1, 0.15) is 11.6 Å². The lowest BCUT2D eigenvalue weighted by molar-refractivity contribution is -0.160. The number of hydrogen-bond acceptors (Lipinski definition) is 5. The Morgan fingerprint density at radius 1 is 1.20 bits per heavy atom. The second kappa shape index (κ2) is 10.6. The van der Waals surface area contributed by atoms with E-state index >= 15 is 0 Å². The van der Waals surface area contributed by atoms with Crippen molar-refractivity contribution in [1.82, 2.24) is 5.32 Å². The minimum absolute atomic E-state index is 0.0157. The predicted octanol–water partition coefficient (Wildman–Crippen LogP) is 1.14. The second-order valence-electron chi connectivity index (χ2n) is 4.75. The average Bonchev–Trinajstić information content (AvgIpc) is 2.55. The number of aliphatic hydroxyl groups is 1. The molecule has 0 spiro atoms. The molecule has 0 radical (unpaired) electrons. The molecule has 0 aliphatic heterocycles. The monoisotopic (exact) mass is 370 g/mol. The van der Waals surface area contributed by atoms with E-state index in [-0.39, 0.29) is 23.2 Å². The average molecular weight is 370 g/mol. The van der Waals surface area contributed by atoms with E-state index in [1.54, 1.807) is 7.05 Å². The summed E-state index contributed by atoms with van der Waals surface area (Å²) in [6.45, 7) is 0.927. The van der Waals surface area contributed by atoms with E-state index in [1.165, 1.54) is 24.3 Å². The molecule has 2 aromatic rings. The van der Waals surface area contributed by atoms with Gasteiger partial charge in [0.2, 0.25) is 0 Å². The first kappa shape index (κ1) is 20.8. The first-order valence-corrected chi connectivity index (χ1v) is 8.32. The minimum Gasteiger partial charge on any atom is -0.591 e. The Bertz CT molecular complexity index is 722. The van der Waals surface area contributed by atoms with Gasteiger partial charge in [-0.05, 0) is 31.3 Å². The SMILES string of the molecule is CNCCO.O=C(Nc1cc(F)cc(F)c1)c1cccc([P+](=O)[O-])c1. The maximum Gasteiger partial charge on any atom is 0.348 e. The van der Waals surface area contributed by atoms with E-state index in [9.17, 15) is 23.0 Å². The fourth-order valence-electron chi connectivity index (χ4n) is 1.70. The van der Waals surface area contributed by atoms with Crippen LogP contribution in [0.4, 0.5) is 14.5 Å². The molecule has 0 saturated heterocycles. The molecule has 25 heavy (non-hydrogen) atoms. The van der Waals surface area contributed by atoms with Crippen molar-refractivity contribution >= 4 is 24.9 Å². The van der Waals surface area contributed by atoms with Crippen LogP contribution in [-0.4, -0.2) is 31.2 Å². The summed E-state index contributed by atoms with van der Waals surface area (Å²) in [6.07, 6.45) is 0. The molecule has 0 bridgehead atoms. The van der Waals surface area contributed by atoms with Crippen molar-refractivity contribution < 1.29 is 28.1 Å². The largest absolute Gasteiger partial charge is 0.591 e. The Labute approximate surface area is 144 Å². The fourth-order valence-corrected chi connectivity index (χ4v) is 2.15. The molecule has 2 rings (SSSR count). The van der Waals surface area contributed by atoms with E-state index in [0.717, 1.165) is 12.1 Å². The second-order valence-corrected chi connectivity index (χ2v) is 5.78. The maximum absolute atomic E-state index is 13.0. The van der Waals surface area contributed by atoms with E-state index in [2.05, 4.69) is 10.6 Å². The van der Waals surface area contributed by atoms with Crippen molar-refractivity contribution in [3.05, 3.63) is 59.7 Å². The lowest BCUT2D eigenvalue weighted by Gasteiger charge is -2.05.